The van der Waals surface area contributed by atoms with Crippen LogP contribution in [0, 0.1) is 5.82 Å². The maximum absolute atomic E-state index is 14.2. The first-order chi connectivity index (χ1) is 14.3. The van der Waals surface area contributed by atoms with Crippen molar-refractivity contribution in [3.8, 4) is 0 Å². The molecule has 0 bridgehead atoms. The van der Waals surface area contributed by atoms with Gasteiger partial charge < -0.3 is 16.0 Å². The quantitative estimate of drug-likeness (QED) is 0.663. The average molecular weight is 432 g/mol. The van der Waals surface area contributed by atoms with Crippen molar-refractivity contribution >= 4 is 29.1 Å². The van der Waals surface area contributed by atoms with E-state index in [9.17, 15) is 14.0 Å². The fourth-order valence-corrected chi connectivity index (χ4v) is 4.29. The van der Waals surface area contributed by atoms with E-state index in [0.29, 0.717) is 25.9 Å². The highest BCUT2D eigenvalue weighted by molar-refractivity contribution is 6.31. The van der Waals surface area contributed by atoms with Crippen LogP contribution in [0.1, 0.15) is 54.1 Å². The first-order valence-electron chi connectivity index (χ1n) is 10.1. The fraction of sp³-hybridized carbons (Fsp3) is 0.391. The molecule has 1 fully saturated rings. The van der Waals surface area contributed by atoms with Crippen molar-refractivity contribution in [1.29, 1.82) is 0 Å². The molecule has 0 atom stereocenters. The normalized spacial score (nSPS) is 15.7. The minimum atomic E-state index is -0.776. The second-order valence-corrected chi connectivity index (χ2v) is 8.33. The summed E-state index contributed by atoms with van der Waals surface area (Å²) in [4.78, 5) is 26.0. The molecule has 3 N–H and O–H groups in total. The number of amides is 2. The molecule has 2 aromatic rings. The number of hydrogen-bond acceptors (Lipinski definition) is 3. The van der Waals surface area contributed by atoms with Gasteiger partial charge in [0.05, 0.1) is 21.7 Å². The molecule has 1 saturated heterocycles. The predicted molar refractivity (Wildman–Crippen MR) is 118 cm³/mol. The number of anilines is 1. The number of piperidine rings is 1. The zero-order valence-corrected chi connectivity index (χ0v) is 18.2. The van der Waals surface area contributed by atoms with E-state index in [4.69, 9.17) is 11.6 Å². The molecule has 5 nitrogen and oxygen atoms in total. The predicted octanol–water partition coefficient (Wildman–Crippen LogP) is 4.22. The molecule has 7 heteroatoms. The van der Waals surface area contributed by atoms with Crippen LogP contribution in [-0.4, -0.2) is 32.0 Å². The highest BCUT2D eigenvalue weighted by Gasteiger charge is 2.43. The minimum absolute atomic E-state index is 0.112. The summed E-state index contributed by atoms with van der Waals surface area (Å²) in [5.74, 6) is -1.14. The van der Waals surface area contributed by atoms with Crippen molar-refractivity contribution in [2.24, 2.45) is 0 Å². The van der Waals surface area contributed by atoms with Gasteiger partial charge in [0.1, 0.15) is 5.82 Å². The summed E-state index contributed by atoms with van der Waals surface area (Å²) in [5.41, 5.74) is 1.56. The summed E-state index contributed by atoms with van der Waals surface area (Å²) in [6, 6.07) is 10.3. The second kappa shape index (κ2) is 9.14. The number of halogens is 2. The van der Waals surface area contributed by atoms with E-state index in [1.165, 1.54) is 13.1 Å². The molecule has 2 amide bonds. The Labute approximate surface area is 181 Å². The molecule has 160 valence electrons. The van der Waals surface area contributed by atoms with Gasteiger partial charge in [0.15, 0.2) is 0 Å². The largest absolute Gasteiger partial charge is 0.355 e. The smallest absolute Gasteiger partial charge is 0.253 e. The molecule has 0 spiro atoms. The highest BCUT2D eigenvalue weighted by atomic mass is 35.5. The third-order valence-corrected chi connectivity index (χ3v) is 6.06. The molecule has 0 saturated carbocycles. The van der Waals surface area contributed by atoms with E-state index >= 15 is 0 Å². The third-order valence-electron chi connectivity index (χ3n) is 5.77. The number of carbonyl (C=O) groups excluding carboxylic acids is 2. The van der Waals surface area contributed by atoms with Crippen LogP contribution in [0.3, 0.4) is 0 Å². The van der Waals surface area contributed by atoms with Crippen LogP contribution >= 0.6 is 11.6 Å². The monoisotopic (exact) mass is 431 g/mol. The lowest BCUT2D eigenvalue weighted by atomic mass is 9.69. The number of carbonyl (C=O) groups is 2. The Morgan fingerprint density at radius 1 is 1.17 bits per heavy atom. The molecule has 0 aromatic heterocycles. The van der Waals surface area contributed by atoms with Crippen molar-refractivity contribution in [2.75, 3.05) is 25.5 Å². The topological polar surface area (TPSA) is 70.2 Å². The van der Waals surface area contributed by atoms with Gasteiger partial charge in [-0.25, -0.2) is 4.39 Å². The van der Waals surface area contributed by atoms with Crippen LogP contribution in [0.5, 0.6) is 0 Å². The highest BCUT2D eigenvalue weighted by Crippen LogP contribution is 2.39. The first-order valence-corrected chi connectivity index (χ1v) is 10.5. The maximum atomic E-state index is 14.2. The first kappa shape index (κ1) is 22.2. The van der Waals surface area contributed by atoms with E-state index in [2.05, 4.69) is 35.9 Å². The lowest BCUT2D eigenvalue weighted by molar-refractivity contribution is -0.122. The standard InChI is InChI=1S/C23H27ClFN3O2/c1-14(2)15-6-4-5-7-17(15)23(8-10-27-11-9-23)22(30)28-20-13-19(25)18(24)12-16(20)21(29)26-3/h4-7,12-14,27H,8-11H2,1-3H3,(H,26,29)(H,28,30). The zero-order valence-electron chi connectivity index (χ0n) is 17.4. The maximum Gasteiger partial charge on any atom is 0.253 e. The Hall–Kier alpha value is -2.44. The van der Waals surface area contributed by atoms with Crippen molar-refractivity contribution in [2.45, 2.75) is 38.0 Å². The van der Waals surface area contributed by atoms with Crippen LogP contribution in [-0.2, 0) is 10.2 Å². The zero-order chi connectivity index (χ0) is 21.9. The Morgan fingerprint density at radius 3 is 2.47 bits per heavy atom. The van der Waals surface area contributed by atoms with Crippen molar-refractivity contribution < 1.29 is 14.0 Å². The van der Waals surface area contributed by atoms with Gasteiger partial charge in [-0.15, -0.1) is 0 Å². The SMILES string of the molecule is CNC(=O)c1cc(Cl)c(F)cc1NC(=O)C1(c2ccccc2C(C)C)CCNCC1. The summed E-state index contributed by atoms with van der Waals surface area (Å²) >= 11 is 5.87. The van der Waals surface area contributed by atoms with E-state index in [1.54, 1.807) is 0 Å². The molecule has 0 radical (unpaired) electrons. The molecule has 1 aliphatic heterocycles. The summed E-state index contributed by atoms with van der Waals surface area (Å²) in [6.45, 7) is 5.59. The molecule has 1 heterocycles. The van der Waals surface area contributed by atoms with Crippen molar-refractivity contribution in [3.05, 3.63) is 63.9 Å². The van der Waals surface area contributed by atoms with E-state index < -0.39 is 17.1 Å². The summed E-state index contributed by atoms with van der Waals surface area (Å²) < 4.78 is 14.2. The van der Waals surface area contributed by atoms with Crippen LogP contribution < -0.4 is 16.0 Å². The van der Waals surface area contributed by atoms with Crippen LogP contribution in [0.2, 0.25) is 5.02 Å². The summed E-state index contributed by atoms with van der Waals surface area (Å²) in [6.07, 6.45) is 1.21. The van der Waals surface area contributed by atoms with Gasteiger partial charge in [-0.3, -0.25) is 9.59 Å². The Kier molecular flexibility index (Phi) is 6.78. The third kappa shape index (κ3) is 4.20. The molecule has 0 unspecified atom stereocenters. The second-order valence-electron chi connectivity index (χ2n) is 7.92. The van der Waals surface area contributed by atoms with Crippen molar-refractivity contribution in [3.63, 3.8) is 0 Å². The Morgan fingerprint density at radius 2 is 1.83 bits per heavy atom. The molecular weight excluding hydrogens is 405 g/mol. The summed E-state index contributed by atoms with van der Waals surface area (Å²) in [7, 11) is 1.47. The van der Waals surface area contributed by atoms with E-state index in [0.717, 1.165) is 17.2 Å². The number of rotatable bonds is 5. The van der Waals surface area contributed by atoms with Gasteiger partial charge in [-0.05, 0) is 55.1 Å². The van der Waals surface area contributed by atoms with Crippen LogP contribution in [0.15, 0.2) is 36.4 Å². The molecule has 0 aliphatic carbocycles. The van der Waals surface area contributed by atoms with E-state index in [1.807, 2.05) is 18.2 Å². The molecule has 3 rings (SSSR count). The van der Waals surface area contributed by atoms with Gasteiger partial charge in [0, 0.05) is 7.05 Å². The molecular formula is C23H27ClFN3O2. The van der Waals surface area contributed by atoms with E-state index in [-0.39, 0.29) is 28.1 Å². The van der Waals surface area contributed by atoms with Gasteiger partial charge in [0.2, 0.25) is 5.91 Å². The molecule has 1 aliphatic rings. The van der Waals surface area contributed by atoms with Crippen molar-refractivity contribution in [1.82, 2.24) is 10.6 Å². The fourth-order valence-electron chi connectivity index (χ4n) is 4.12. The number of nitrogens with one attached hydrogen (secondary N) is 3. The van der Waals surface area contributed by atoms with Gasteiger partial charge >= 0.3 is 0 Å². The average Bonchev–Trinajstić information content (AvgIpc) is 2.75. The lowest BCUT2D eigenvalue weighted by Crippen LogP contribution is -2.49. The number of hydrogen-bond donors (Lipinski definition) is 3. The van der Waals surface area contributed by atoms with Crippen LogP contribution in [0.25, 0.3) is 0 Å². The lowest BCUT2D eigenvalue weighted by Gasteiger charge is -2.38. The van der Waals surface area contributed by atoms with Gasteiger partial charge in [-0.2, -0.15) is 0 Å². The van der Waals surface area contributed by atoms with Gasteiger partial charge in [0.25, 0.3) is 5.91 Å². The Bertz CT molecular complexity index is 955. The van der Waals surface area contributed by atoms with Gasteiger partial charge in [-0.1, -0.05) is 49.7 Å². The van der Waals surface area contributed by atoms with Crippen LogP contribution in [0.4, 0.5) is 10.1 Å². The minimum Gasteiger partial charge on any atom is -0.355 e. The summed E-state index contributed by atoms with van der Waals surface area (Å²) in [5, 5.41) is 8.49. The Balaban J connectivity index is 2.07. The number of benzene rings is 2. The molecule has 30 heavy (non-hydrogen) atoms. The molecule has 2 aromatic carbocycles.